The molecule has 0 saturated carbocycles. The number of imidazole rings is 1. The maximum absolute atomic E-state index is 12.0. The zero-order chi connectivity index (χ0) is 16.1. The fraction of sp³-hybridized carbons (Fsp3) is 0.529. The van der Waals surface area contributed by atoms with Gasteiger partial charge in [0.25, 0.3) is 0 Å². The third-order valence-electron chi connectivity index (χ3n) is 4.27. The van der Waals surface area contributed by atoms with Gasteiger partial charge in [0.1, 0.15) is 5.65 Å². The number of hydrogen-bond donors (Lipinski definition) is 1. The van der Waals surface area contributed by atoms with Crippen LogP contribution in [0.3, 0.4) is 0 Å². The number of carbonyl (C=O) groups is 1. The number of aromatic nitrogens is 2. The van der Waals surface area contributed by atoms with Gasteiger partial charge in [-0.15, -0.1) is 0 Å². The molecule has 1 aliphatic rings. The highest BCUT2D eigenvalue weighted by Gasteiger charge is 2.12. The van der Waals surface area contributed by atoms with Gasteiger partial charge in [0, 0.05) is 44.5 Å². The van der Waals surface area contributed by atoms with Crippen molar-refractivity contribution in [2.45, 2.75) is 19.8 Å². The summed E-state index contributed by atoms with van der Waals surface area (Å²) in [6.07, 6.45) is 3.20. The first-order valence-corrected chi connectivity index (χ1v) is 8.23. The van der Waals surface area contributed by atoms with Crippen molar-refractivity contribution in [3.05, 3.63) is 35.8 Å². The Kier molecular flexibility index (Phi) is 5.25. The van der Waals surface area contributed by atoms with Crippen molar-refractivity contribution in [1.29, 1.82) is 0 Å². The monoisotopic (exact) mass is 316 g/mol. The van der Waals surface area contributed by atoms with Gasteiger partial charge in [-0.2, -0.15) is 0 Å². The Morgan fingerprint density at radius 3 is 3.00 bits per heavy atom. The molecule has 6 heteroatoms. The largest absolute Gasteiger partial charge is 0.379 e. The fourth-order valence-electron chi connectivity index (χ4n) is 2.96. The third kappa shape index (κ3) is 4.09. The molecule has 0 radical (unpaired) electrons. The van der Waals surface area contributed by atoms with Gasteiger partial charge in [-0.3, -0.25) is 9.69 Å². The molecule has 2 aromatic heterocycles. The number of carbonyl (C=O) groups excluding carboxylic acids is 1. The number of ether oxygens (including phenoxy) is 1. The van der Waals surface area contributed by atoms with E-state index in [0.29, 0.717) is 19.4 Å². The van der Waals surface area contributed by atoms with E-state index >= 15 is 0 Å². The topological polar surface area (TPSA) is 58.9 Å². The average molecular weight is 316 g/mol. The van der Waals surface area contributed by atoms with Crippen LogP contribution in [0.1, 0.15) is 17.8 Å². The maximum atomic E-state index is 12.0. The Morgan fingerprint density at radius 1 is 1.35 bits per heavy atom. The fourth-order valence-corrected chi connectivity index (χ4v) is 2.96. The molecule has 0 bridgehead atoms. The van der Waals surface area contributed by atoms with Crippen molar-refractivity contribution >= 4 is 11.6 Å². The minimum Gasteiger partial charge on any atom is -0.379 e. The van der Waals surface area contributed by atoms with Crippen molar-refractivity contribution < 1.29 is 9.53 Å². The van der Waals surface area contributed by atoms with Crippen LogP contribution in [0.5, 0.6) is 0 Å². The molecule has 1 fully saturated rings. The van der Waals surface area contributed by atoms with Crippen molar-refractivity contribution in [3.63, 3.8) is 0 Å². The SMILES string of the molecule is Cc1nc2ccccn2c1CCC(=O)NCCN1CCOCC1. The van der Waals surface area contributed by atoms with Gasteiger partial charge in [-0.25, -0.2) is 4.98 Å². The summed E-state index contributed by atoms with van der Waals surface area (Å²) in [4.78, 5) is 18.9. The lowest BCUT2D eigenvalue weighted by Crippen LogP contribution is -2.41. The second-order valence-corrected chi connectivity index (χ2v) is 5.88. The molecule has 124 valence electrons. The molecule has 0 aromatic carbocycles. The Hall–Kier alpha value is -1.92. The van der Waals surface area contributed by atoms with E-state index in [0.717, 1.165) is 49.9 Å². The predicted molar refractivity (Wildman–Crippen MR) is 88.5 cm³/mol. The molecule has 1 amide bonds. The third-order valence-corrected chi connectivity index (χ3v) is 4.27. The number of nitrogens with one attached hydrogen (secondary N) is 1. The number of amides is 1. The standard InChI is InChI=1S/C17H24N4O2/c1-14-15(21-8-3-2-4-16(21)19-14)5-6-17(22)18-7-9-20-10-12-23-13-11-20/h2-4,8H,5-7,9-13H2,1H3,(H,18,22). The van der Waals surface area contributed by atoms with E-state index in [1.807, 2.05) is 31.3 Å². The smallest absolute Gasteiger partial charge is 0.220 e. The average Bonchev–Trinajstić information content (AvgIpc) is 2.89. The van der Waals surface area contributed by atoms with Crippen LogP contribution in [0.15, 0.2) is 24.4 Å². The van der Waals surface area contributed by atoms with Crippen LogP contribution in [0.4, 0.5) is 0 Å². The van der Waals surface area contributed by atoms with E-state index in [1.165, 1.54) is 0 Å². The van der Waals surface area contributed by atoms with E-state index < -0.39 is 0 Å². The van der Waals surface area contributed by atoms with Crippen LogP contribution in [-0.4, -0.2) is 59.6 Å². The van der Waals surface area contributed by atoms with Crippen molar-refractivity contribution in [2.24, 2.45) is 0 Å². The summed E-state index contributed by atoms with van der Waals surface area (Å²) in [5.74, 6) is 0.101. The number of nitrogens with zero attached hydrogens (tertiary/aromatic N) is 3. The minimum absolute atomic E-state index is 0.101. The van der Waals surface area contributed by atoms with Gasteiger partial charge >= 0.3 is 0 Å². The molecule has 2 aromatic rings. The van der Waals surface area contributed by atoms with E-state index in [1.54, 1.807) is 0 Å². The summed E-state index contributed by atoms with van der Waals surface area (Å²) in [5, 5.41) is 3.01. The molecular weight excluding hydrogens is 292 g/mol. The van der Waals surface area contributed by atoms with E-state index in [4.69, 9.17) is 4.74 Å². The van der Waals surface area contributed by atoms with Gasteiger partial charge in [-0.05, 0) is 25.5 Å². The quantitative estimate of drug-likeness (QED) is 0.864. The molecule has 0 spiro atoms. The molecule has 1 aliphatic heterocycles. The number of rotatable bonds is 6. The summed E-state index contributed by atoms with van der Waals surface area (Å²) in [6, 6.07) is 5.95. The molecule has 0 aliphatic carbocycles. The second kappa shape index (κ2) is 7.57. The number of fused-ring (bicyclic) bond motifs is 1. The Balaban J connectivity index is 1.45. The van der Waals surface area contributed by atoms with Crippen molar-refractivity contribution in [1.82, 2.24) is 19.6 Å². The van der Waals surface area contributed by atoms with Gasteiger partial charge in [0.15, 0.2) is 0 Å². The van der Waals surface area contributed by atoms with Gasteiger partial charge < -0.3 is 14.5 Å². The van der Waals surface area contributed by atoms with Crippen LogP contribution in [-0.2, 0) is 16.0 Å². The van der Waals surface area contributed by atoms with E-state index in [9.17, 15) is 4.79 Å². The van der Waals surface area contributed by atoms with Crippen molar-refractivity contribution in [2.75, 3.05) is 39.4 Å². The van der Waals surface area contributed by atoms with Gasteiger partial charge in [0.2, 0.25) is 5.91 Å². The Morgan fingerprint density at radius 2 is 2.17 bits per heavy atom. The first-order valence-electron chi connectivity index (χ1n) is 8.23. The zero-order valence-electron chi connectivity index (χ0n) is 13.6. The van der Waals surface area contributed by atoms with E-state index in [-0.39, 0.29) is 5.91 Å². The number of morpholine rings is 1. The van der Waals surface area contributed by atoms with Crippen molar-refractivity contribution in [3.8, 4) is 0 Å². The minimum atomic E-state index is 0.101. The van der Waals surface area contributed by atoms with E-state index in [2.05, 4.69) is 19.6 Å². The molecule has 1 N–H and O–H groups in total. The highest BCUT2D eigenvalue weighted by molar-refractivity contribution is 5.76. The molecular formula is C17H24N4O2. The van der Waals surface area contributed by atoms with Crippen LogP contribution in [0, 0.1) is 6.92 Å². The first-order chi connectivity index (χ1) is 11.2. The lowest BCUT2D eigenvalue weighted by Gasteiger charge is -2.26. The summed E-state index contributed by atoms with van der Waals surface area (Å²) in [7, 11) is 0. The number of hydrogen-bond acceptors (Lipinski definition) is 4. The second-order valence-electron chi connectivity index (χ2n) is 5.88. The summed E-state index contributed by atoms with van der Waals surface area (Å²) in [6.45, 7) is 7.09. The molecule has 0 atom stereocenters. The zero-order valence-corrected chi connectivity index (χ0v) is 13.6. The summed E-state index contributed by atoms with van der Waals surface area (Å²) >= 11 is 0. The normalized spacial score (nSPS) is 15.9. The van der Waals surface area contributed by atoms with Crippen LogP contribution >= 0.6 is 0 Å². The highest BCUT2D eigenvalue weighted by atomic mass is 16.5. The highest BCUT2D eigenvalue weighted by Crippen LogP contribution is 2.13. The number of aryl methyl sites for hydroxylation is 2. The van der Waals surface area contributed by atoms with Crippen LogP contribution < -0.4 is 5.32 Å². The molecule has 3 rings (SSSR count). The maximum Gasteiger partial charge on any atom is 0.220 e. The lowest BCUT2D eigenvalue weighted by atomic mass is 10.2. The summed E-state index contributed by atoms with van der Waals surface area (Å²) < 4.78 is 7.38. The molecule has 1 saturated heterocycles. The number of pyridine rings is 1. The predicted octanol–water partition coefficient (Wildman–Crippen LogP) is 1.02. The lowest BCUT2D eigenvalue weighted by molar-refractivity contribution is -0.121. The molecule has 3 heterocycles. The molecule has 23 heavy (non-hydrogen) atoms. The molecule has 6 nitrogen and oxygen atoms in total. The van der Waals surface area contributed by atoms with Crippen LogP contribution in [0.25, 0.3) is 5.65 Å². The Bertz CT molecular complexity index is 662. The Labute approximate surface area is 136 Å². The van der Waals surface area contributed by atoms with Gasteiger partial charge in [-0.1, -0.05) is 6.07 Å². The molecule has 0 unspecified atom stereocenters. The summed E-state index contributed by atoms with van der Waals surface area (Å²) in [5.41, 5.74) is 3.05. The van der Waals surface area contributed by atoms with Gasteiger partial charge in [0.05, 0.1) is 18.9 Å². The van der Waals surface area contributed by atoms with Crippen LogP contribution in [0.2, 0.25) is 0 Å². The first kappa shape index (κ1) is 16.0.